The van der Waals surface area contributed by atoms with Gasteiger partial charge in [-0.25, -0.2) is 0 Å². The molecule has 2 atom stereocenters. The number of aliphatic hydroxyl groups is 1. The topological polar surface area (TPSA) is 116 Å². The first-order valence-corrected chi connectivity index (χ1v) is 13.9. The third-order valence-electron chi connectivity index (χ3n) is 7.43. The summed E-state index contributed by atoms with van der Waals surface area (Å²) < 4.78 is 12.4. The lowest BCUT2D eigenvalue weighted by Gasteiger charge is -2.23. The number of ether oxygens (including phenoxy) is 2. The molecule has 1 aromatic heterocycles. The first-order chi connectivity index (χ1) is 20.3. The number of halogens is 1. The quantitative estimate of drug-likeness (QED) is 0.242. The monoisotopic (exact) mass is 583 g/mol. The van der Waals surface area contributed by atoms with E-state index in [2.05, 4.69) is 17.1 Å². The number of nitrogens with zero attached hydrogens (tertiary/aromatic N) is 3. The van der Waals surface area contributed by atoms with Crippen LogP contribution in [0.15, 0.2) is 79.1 Å². The zero-order chi connectivity index (χ0) is 29.6. The van der Waals surface area contributed by atoms with Gasteiger partial charge in [0, 0.05) is 43.5 Å². The molecule has 2 N–H and O–H groups in total. The zero-order valence-corrected chi connectivity index (χ0v) is 23.8. The molecule has 4 aromatic rings. The van der Waals surface area contributed by atoms with Crippen LogP contribution in [0.3, 0.4) is 0 Å². The lowest BCUT2D eigenvalue weighted by molar-refractivity contribution is -0.142. The Hall–Kier alpha value is -4.42. The highest BCUT2D eigenvalue weighted by Gasteiger charge is 2.36. The van der Waals surface area contributed by atoms with E-state index in [9.17, 15) is 20.3 Å². The number of carboxylic acid groups (broad SMARTS) is 1. The maximum atomic E-state index is 11.8. The molecule has 8 nitrogen and oxygen atoms in total. The van der Waals surface area contributed by atoms with E-state index in [0.717, 1.165) is 27.8 Å². The summed E-state index contributed by atoms with van der Waals surface area (Å²) in [5.41, 5.74) is 6.23. The van der Waals surface area contributed by atoms with Crippen LogP contribution in [0, 0.1) is 18.3 Å². The molecule has 3 aromatic carbocycles. The van der Waals surface area contributed by atoms with Gasteiger partial charge in [0.25, 0.3) is 0 Å². The second-order valence-electron chi connectivity index (χ2n) is 10.3. The normalized spacial score (nSPS) is 16.6. The number of rotatable bonds is 10. The van der Waals surface area contributed by atoms with Crippen molar-refractivity contribution >= 4 is 17.6 Å². The van der Waals surface area contributed by atoms with Crippen molar-refractivity contribution in [2.75, 3.05) is 6.54 Å². The predicted octanol–water partition coefficient (Wildman–Crippen LogP) is 5.76. The van der Waals surface area contributed by atoms with Crippen LogP contribution in [-0.4, -0.2) is 44.8 Å². The van der Waals surface area contributed by atoms with E-state index in [1.54, 1.807) is 47.6 Å². The van der Waals surface area contributed by atoms with Gasteiger partial charge in [0.1, 0.15) is 30.8 Å². The highest BCUT2D eigenvalue weighted by Crippen LogP contribution is 2.36. The summed E-state index contributed by atoms with van der Waals surface area (Å²) >= 11 is 6.70. The molecule has 5 rings (SSSR count). The molecular weight excluding hydrogens is 554 g/mol. The van der Waals surface area contributed by atoms with Crippen molar-refractivity contribution in [3.8, 4) is 28.7 Å². The van der Waals surface area contributed by atoms with Crippen LogP contribution in [0.5, 0.6) is 11.5 Å². The average Bonchev–Trinajstić information content (AvgIpc) is 3.37. The Morgan fingerprint density at radius 1 is 1.05 bits per heavy atom. The molecule has 214 valence electrons. The van der Waals surface area contributed by atoms with Crippen LogP contribution in [0.4, 0.5) is 0 Å². The van der Waals surface area contributed by atoms with Gasteiger partial charge in [0.2, 0.25) is 0 Å². The summed E-state index contributed by atoms with van der Waals surface area (Å²) in [4.78, 5) is 17.6. The Morgan fingerprint density at radius 3 is 2.57 bits per heavy atom. The largest absolute Gasteiger partial charge is 0.488 e. The van der Waals surface area contributed by atoms with Gasteiger partial charge in [-0.3, -0.25) is 14.7 Å². The van der Waals surface area contributed by atoms with Crippen LogP contribution in [0.1, 0.15) is 34.2 Å². The summed E-state index contributed by atoms with van der Waals surface area (Å²) in [6.07, 6.45) is 2.95. The number of aliphatic carboxylic acids is 1. The third kappa shape index (κ3) is 6.72. The van der Waals surface area contributed by atoms with Crippen molar-refractivity contribution in [3.63, 3.8) is 0 Å². The van der Waals surface area contributed by atoms with Crippen molar-refractivity contribution in [2.24, 2.45) is 0 Å². The molecule has 1 aliphatic heterocycles. The lowest BCUT2D eigenvalue weighted by Crippen LogP contribution is -2.35. The number of β-amino-alcohol motifs (C(OH)–C–C–N with tert-alkyl or cyclic N) is 1. The van der Waals surface area contributed by atoms with Crippen molar-refractivity contribution in [2.45, 2.75) is 45.2 Å². The van der Waals surface area contributed by atoms with E-state index in [0.29, 0.717) is 27.6 Å². The van der Waals surface area contributed by atoms with Crippen LogP contribution < -0.4 is 9.47 Å². The number of likely N-dealkylation sites (tertiary alicyclic amines) is 1. The zero-order valence-electron chi connectivity index (χ0n) is 23.0. The van der Waals surface area contributed by atoms with Gasteiger partial charge in [0.05, 0.1) is 22.8 Å². The fraction of sp³-hybridized carbons (Fsp3) is 0.242. The third-order valence-corrected chi connectivity index (χ3v) is 7.72. The van der Waals surface area contributed by atoms with Gasteiger partial charge in [-0.15, -0.1) is 0 Å². The van der Waals surface area contributed by atoms with Crippen molar-refractivity contribution in [3.05, 3.63) is 112 Å². The molecule has 0 spiro atoms. The number of pyridine rings is 1. The minimum atomic E-state index is -0.988. The minimum absolute atomic E-state index is 0.152. The van der Waals surface area contributed by atoms with Gasteiger partial charge in [-0.05, 0) is 65.1 Å². The predicted molar refractivity (Wildman–Crippen MR) is 158 cm³/mol. The summed E-state index contributed by atoms with van der Waals surface area (Å²) in [5, 5.41) is 29.5. The number of benzene rings is 3. The molecule has 0 bridgehead atoms. The Balaban J connectivity index is 1.41. The molecule has 0 unspecified atom stereocenters. The molecule has 0 radical (unpaired) electrons. The number of nitriles is 1. The van der Waals surface area contributed by atoms with Gasteiger partial charge >= 0.3 is 5.97 Å². The van der Waals surface area contributed by atoms with E-state index >= 15 is 0 Å². The average molecular weight is 584 g/mol. The van der Waals surface area contributed by atoms with E-state index in [-0.39, 0.29) is 32.7 Å². The molecule has 9 heteroatoms. The summed E-state index contributed by atoms with van der Waals surface area (Å²) in [5.74, 6) is -0.0894. The number of aromatic nitrogens is 1. The summed E-state index contributed by atoms with van der Waals surface area (Å²) in [6, 6.07) is 21.9. The van der Waals surface area contributed by atoms with Gasteiger partial charge in [-0.2, -0.15) is 5.26 Å². The van der Waals surface area contributed by atoms with E-state index in [1.165, 1.54) is 0 Å². The fourth-order valence-corrected chi connectivity index (χ4v) is 5.45. The highest BCUT2D eigenvalue weighted by molar-refractivity contribution is 6.32. The molecule has 42 heavy (non-hydrogen) atoms. The fourth-order valence-electron chi connectivity index (χ4n) is 5.21. The van der Waals surface area contributed by atoms with Gasteiger partial charge < -0.3 is 19.7 Å². The summed E-state index contributed by atoms with van der Waals surface area (Å²) in [7, 11) is 0. The Kier molecular flexibility index (Phi) is 9.03. The van der Waals surface area contributed by atoms with E-state index in [4.69, 9.17) is 21.1 Å². The smallest absolute Gasteiger partial charge is 0.321 e. The van der Waals surface area contributed by atoms with Gasteiger partial charge in [0.15, 0.2) is 0 Å². The number of aliphatic hydroxyl groups excluding tert-OH is 1. The number of hydrogen-bond donors (Lipinski definition) is 2. The second-order valence-corrected chi connectivity index (χ2v) is 10.7. The Bertz CT molecular complexity index is 1620. The van der Waals surface area contributed by atoms with Gasteiger partial charge in [-0.1, -0.05) is 41.9 Å². The Labute approximate surface area is 249 Å². The van der Waals surface area contributed by atoms with Crippen LogP contribution in [0.2, 0.25) is 5.02 Å². The van der Waals surface area contributed by atoms with E-state index in [1.807, 2.05) is 37.3 Å². The standard InChI is InChI=1S/C33H30ClN3O5/c1-21-25(6-3-7-28(21)24-8-10-36-11-9-24)20-42-32-15-31(41-19-23-5-2-4-22(12-23)16-35)26(13-29(32)34)17-37-18-27(38)14-30(37)33(39)40/h2-13,15,27,30,38H,14,17-20H2,1H3,(H,39,40)/t27-,30-/m0/s1. The molecule has 0 saturated carbocycles. The highest BCUT2D eigenvalue weighted by atomic mass is 35.5. The lowest BCUT2D eigenvalue weighted by atomic mass is 9.97. The van der Waals surface area contributed by atoms with E-state index < -0.39 is 18.1 Å². The molecular formula is C33H30ClN3O5. The van der Waals surface area contributed by atoms with Crippen LogP contribution in [0.25, 0.3) is 11.1 Å². The molecule has 0 amide bonds. The first-order valence-electron chi connectivity index (χ1n) is 13.5. The second kappa shape index (κ2) is 13.0. The molecule has 1 fully saturated rings. The van der Waals surface area contributed by atoms with Crippen LogP contribution >= 0.6 is 11.6 Å². The SMILES string of the molecule is Cc1c(COc2cc(OCc3cccc(C#N)c3)c(CN3C[C@@H](O)C[C@H]3C(=O)O)cc2Cl)cccc1-c1ccncc1. The minimum Gasteiger partial charge on any atom is -0.488 e. The number of carbonyl (C=O) groups is 1. The van der Waals surface area contributed by atoms with Crippen LogP contribution in [-0.2, 0) is 24.6 Å². The molecule has 0 aliphatic carbocycles. The maximum Gasteiger partial charge on any atom is 0.321 e. The molecule has 1 saturated heterocycles. The van der Waals surface area contributed by atoms with Crippen molar-refractivity contribution in [1.29, 1.82) is 5.26 Å². The Morgan fingerprint density at radius 2 is 1.81 bits per heavy atom. The van der Waals surface area contributed by atoms with Crippen molar-refractivity contribution in [1.82, 2.24) is 9.88 Å². The first kappa shape index (κ1) is 29.1. The van der Waals surface area contributed by atoms with Crippen molar-refractivity contribution < 1.29 is 24.5 Å². The number of carboxylic acids is 1. The number of hydrogen-bond acceptors (Lipinski definition) is 7. The maximum absolute atomic E-state index is 11.8. The molecule has 2 heterocycles. The summed E-state index contributed by atoms with van der Waals surface area (Å²) in [6.45, 7) is 2.94. The molecule has 1 aliphatic rings.